The number of nitroso groups, excluding NO2 is 1. The Morgan fingerprint density at radius 2 is 2.17 bits per heavy atom. The van der Waals surface area contributed by atoms with Crippen molar-refractivity contribution in [3.8, 4) is 0 Å². The predicted octanol–water partition coefficient (Wildman–Crippen LogP) is 2.23. The number of allylic oxidation sites excluding steroid dienone is 1. The topological polar surface area (TPSA) is 49.6 Å². The molecule has 5 heteroatoms. The first-order chi connectivity index (χ1) is 8.37. The van der Waals surface area contributed by atoms with Gasteiger partial charge in [-0.25, -0.2) is 4.79 Å². The molecule has 0 aromatic heterocycles. The Hall–Kier alpha value is -1.65. The van der Waals surface area contributed by atoms with Crippen molar-refractivity contribution in [2.45, 2.75) is 32.8 Å². The average molecular weight is 251 g/mol. The largest absolute Gasteiger partial charge is 0.444 e. The van der Waals surface area contributed by atoms with E-state index in [0.717, 1.165) is 10.3 Å². The van der Waals surface area contributed by atoms with Crippen molar-refractivity contribution in [1.29, 1.82) is 0 Å². The minimum Gasteiger partial charge on any atom is -0.444 e. The van der Waals surface area contributed by atoms with Crippen LogP contribution in [0.15, 0.2) is 23.4 Å². The van der Waals surface area contributed by atoms with Crippen molar-refractivity contribution < 1.29 is 14.3 Å². The van der Waals surface area contributed by atoms with Crippen LogP contribution in [0.3, 0.4) is 0 Å². The van der Waals surface area contributed by atoms with Crippen LogP contribution < -0.4 is 0 Å². The minimum atomic E-state index is -0.505. The van der Waals surface area contributed by atoms with Gasteiger partial charge >= 0.3 is 6.09 Å². The van der Waals surface area contributed by atoms with Gasteiger partial charge in [-0.3, -0.25) is 4.90 Å². The zero-order valence-corrected chi connectivity index (χ0v) is 11.1. The van der Waals surface area contributed by atoms with Crippen molar-refractivity contribution >= 4 is 6.09 Å². The molecule has 0 saturated heterocycles. The van der Waals surface area contributed by atoms with E-state index in [0.29, 0.717) is 31.8 Å². The number of ether oxygens (including phenoxy) is 1. The van der Waals surface area contributed by atoms with Crippen LogP contribution in [0.4, 0.5) is 4.79 Å². The van der Waals surface area contributed by atoms with E-state index in [1.165, 1.54) is 0 Å². The molecule has 0 atom stereocenters. The van der Waals surface area contributed by atoms with Gasteiger partial charge in [-0.1, -0.05) is 6.08 Å². The second kappa shape index (κ2) is 4.55. The Morgan fingerprint density at radius 1 is 1.44 bits per heavy atom. The highest BCUT2D eigenvalue weighted by molar-refractivity contribution is 5.69. The summed E-state index contributed by atoms with van der Waals surface area (Å²) >= 11 is 0. The van der Waals surface area contributed by atoms with E-state index in [1.807, 2.05) is 32.9 Å². The molecule has 0 fully saturated rings. The van der Waals surface area contributed by atoms with E-state index in [1.54, 1.807) is 4.90 Å². The van der Waals surface area contributed by atoms with Gasteiger partial charge in [0.25, 0.3) is 5.70 Å². The highest BCUT2D eigenvalue weighted by atomic mass is 16.6. The molecule has 0 radical (unpaired) electrons. The van der Waals surface area contributed by atoms with E-state index in [9.17, 15) is 9.70 Å². The molecule has 0 spiro atoms. The Balaban J connectivity index is 2.08. The summed E-state index contributed by atoms with van der Waals surface area (Å²) in [6.07, 6.45) is 4.20. The minimum absolute atomic E-state index is 0.345. The van der Waals surface area contributed by atoms with Gasteiger partial charge in [-0.15, -0.1) is 0 Å². The first-order valence-corrected chi connectivity index (χ1v) is 6.18. The maximum absolute atomic E-state index is 11.9. The number of hydrogen-bond acceptors (Lipinski definition) is 3. The lowest BCUT2D eigenvalue weighted by Gasteiger charge is -2.29. The summed E-state index contributed by atoms with van der Waals surface area (Å²) < 4.78 is 6.27. The summed E-state index contributed by atoms with van der Waals surface area (Å²) in [5.74, 6) is 0. The zero-order chi connectivity index (χ0) is 13.3. The molecule has 0 bridgehead atoms. The second-order valence-corrected chi connectivity index (χ2v) is 5.59. The summed E-state index contributed by atoms with van der Waals surface area (Å²) in [5, 5.41) is 0. The van der Waals surface area contributed by atoms with Gasteiger partial charge in [-0.2, -0.15) is 0 Å². The van der Waals surface area contributed by atoms with Gasteiger partial charge in [0.15, 0.2) is 0 Å². The fourth-order valence-corrected chi connectivity index (χ4v) is 2.06. The van der Waals surface area contributed by atoms with Crippen LogP contribution in [0.5, 0.6) is 0 Å². The molecule has 0 aliphatic carbocycles. The smallest absolute Gasteiger partial charge is 0.410 e. The van der Waals surface area contributed by atoms with Gasteiger partial charge in [0.2, 0.25) is 6.54 Å². The molecule has 2 aliphatic rings. The third-order valence-electron chi connectivity index (χ3n) is 2.91. The Bertz CT molecular complexity index is 444. The number of nitrogens with zero attached hydrogens (tertiary/aromatic N) is 2. The Labute approximate surface area is 107 Å². The van der Waals surface area contributed by atoms with Gasteiger partial charge in [-0.05, 0) is 33.3 Å². The number of amides is 1. The molecule has 2 rings (SSSR count). The molecule has 0 saturated carbocycles. The standard InChI is InChI=1S/C13H19N2O3/c1-13(2,3)18-12(16)14-8-6-10-5-4-7-15(17)11(10)9-14/h4-5H,6-9H2,1-3H3/q+1. The van der Waals surface area contributed by atoms with Crippen molar-refractivity contribution in [3.05, 3.63) is 28.3 Å². The van der Waals surface area contributed by atoms with Crippen LogP contribution in [0.1, 0.15) is 27.2 Å². The molecule has 2 aliphatic heterocycles. The van der Waals surface area contributed by atoms with Crippen LogP contribution in [-0.2, 0) is 4.74 Å². The Morgan fingerprint density at radius 3 is 2.83 bits per heavy atom. The van der Waals surface area contributed by atoms with Crippen LogP contribution >= 0.6 is 0 Å². The van der Waals surface area contributed by atoms with E-state index in [2.05, 4.69) is 0 Å². The number of carbonyl (C=O) groups excluding carboxylic acids is 1. The fraction of sp³-hybridized carbons (Fsp3) is 0.615. The molecule has 0 unspecified atom stereocenters. The predicted molar refractivity (Wildman–Crippen MR) is 67.1 cm³/mol. The SMILES string of the molecule is CC(C)(C)OC(=O)N1CCC2=C(C1)[N+](=O)CC=C2. The normalized spacial score (nSPS) is 19.9. The van der Waals surface area contributed by atoms with E-state index in [-0.39, 0.29) is 6.09 Å². The van der Waals surface area contributed by atoms with Crippen molar-refractivity contribution in [3.63, 3.8) is 0 Å². The first kappa shape index (κ1) is 12.8. The number of carbonyl (C=O) groups is 1. The van der Waals surface area contributed by atoms with Crippen LogP contribution in [0, 0.1) is 4.91 Å². The van der Waals surface area contributed by atoms with E-state index < -0.39 is 5.60 Å². The van der Waals surface area contributed by atoms with E-state index in [4.69, 9.17) is 4.74 Å². The average Bonchev–Trinajstić information content (AvgIpc) is 2.27. The number of hydrogen-bond donors (Lipinski definition) is 0. The lowest BCUT2D eigenvalue weighted by atomic mass is 10.0. The van der Waals surface area contributed by atoms with Crippen molar-refractivity contribution in [2.75, 3.05) is 19.6 Å². The van der Waals surface area contributed by atoms with Crippen LogP contribution in [-0.4, -0.2) is 41.0 Å². The monoisotopic (exact) mass is 251 g/mol. The quantitative estimate of drug-likeness (QED) is 0.620. The van der Waals surface area contributed by atoms with Gasteiger partial charge < -0.3 is 4.74 Å². The summed E-state index contributed by atoms with van der Waals surface area (Å²) in [4.78, 5) is 25.2. The maximum atomic E-state index is 11.9. The van der Waals surface area contributed by atoms with Crippen LogP contribution in [0.25, 0.3) is 0 Å². The highest BCUT2D eigenvalue weighted by Gasteiger charge is 2.34. The Kier molecular flexibility index (Phi) is 3.24. The van der Waals surface area contributed by atoms with Crippen molar-refractivity contribution in [1.82, 2.24) is 4.90 Å². The van der Waals surface area contributed by atoms with Crippen molar-refractivity contribution in [2.24, 2.45) is 0 Å². The molecule has 0 aromatic rings. The molecule has 1 amide bonds. The summed E-state index contributed by atoms with van der Waals surface area (Å²) in [6.45, 7) is 6.82. The summed E-state index contributed by atoms with van der Waals surface area (Å²) in [6, 6.07) is 0. The molecule has 98 valence electrons. The fourth-order valence-electron chi connectivity index (χ4n) is 2.06. The first-order valence-electron chi connectivity index (χ1n) is 6.18. The molecule has 0 aromatic carbocycles. The summed E-state index contributed by atoms with van der Waals surface area (Å²) in [7, 11) is 0. The third-order valence-corrected chi connectivity index (χ3v) is 2.91. The highest BCUT2D eigenvalue weighted by Crippen LogP contribution is 2.23. The molecule has 18 heavy (non-hydrogen) atoms. The second-order valence-electron chi connectivity index (χ2n) is 5.59. The lowest BCUT2D eigenvalue weighted by molar-refractivity contribution is -0.493. The molecule has 0 N–H and O–H groups in total. The van der Waals surface area contributed by atoms with Gasteiger partial charge in [0.05, 0.1) is 0 Å². The third kappa shape index (κ3) is 2.78. The maximum Gasteiger partial charge on any atom is 0.410 e. The molecule has 5 nitrogen and oxygen atoms in total. The molecular formula is C13H19N2O3+. The summed E-state index contributed by atoms with van der Waals surface area (Å²) in [5.41, 5.74) is 1.22. The van der Waals surface area contributed by atoms with Gasteiger partial charge in [0, 0.05) is 21.8 Å². The van der Waals surface area contributed by atoms with Crippen LogP contribution in [0.2, 0.25) is 0 Å². The number of rotatable bonds is 0. The molecule has 2 heterocycles. The molecular weight excluding hydrogens is 232 g/mol. The van der Waals surface area contributed by atoms with Gasteiger partial charge in [0.1, 0.15) is 12.1 Å². The zero-order valence-electron chi connectivity index (χ0n) is 11.1. The van der Waals surface area contributed by atoms with E-state index >= 15 is 0 Å². The lowest BCUT2D eigenvalue weighted by Crippen LogP contribution is -2.42.